The maximum absolute atomic E-state index is 12.7. The van der Waals surface area contributed by atoms with Crippen molar-refractivity contribution in [1.82, 2.24) is 9.62 Å². The molecule has 2 fully saturated rings. The van der Waals surface area contributed by atoms with Crippen molar-refractivity contribution in [3.63, 3.8) is 0 Å². The normalized spacial score (nSPS) is 21.9. The lowest BCUT2D eigenvalue weighted by Gasteiger charge is -2.44. The molecule has 1 heterocycles. The van der Waals surface area contributed by atoms with E-state index in [4.69, 9.17) is 0 Å². The van der Waals surface area contributed by atoms with Crippen molar-refractivity contribution in [1.29, 1.82) is 0 Å². The molecule has 1 saturated heterocycles. The summed E-state index contributed by atoms with van der Waals surface area (Å²) in [6.07, 6.45) is 4.30. The second-order valence-corrected chi connectivity index (χ2v) is 9.12. The van der Waals surface area contributed by atoms with Gasteiger partial charge >= 0.3 is 0 Å². The highest BCUT2D eigenvalue weighted by Gasteiger charge is 2.41. The minimum Gasteiger partial charge on any atom is -0.346 e. The summed E-state index contributed by atoms with van der Waals surface area (Å²) in [4.78, 5) is 12.7. The fourth-order valence-corrected chi connectivity index (χ4v) is 4.82. The second kappa shape index (κ2) is 6.84. The molecule has 5 nitrogen and oxygen atoms in total. The Kier molecular flexibility index (Phi) is 4.97. The molecule has 0 unspecified atom stereocenters. The van der Waals surface area contributed by atoms with Crippen LogP contribution < -0.4 is 5.32 Å². The van der Waals surface area contributed by atoms with Crippen molar-refractivity contribution < 1.29 is 13.2 Å². The van der Waals surface area contributed by atoms with Crippen LogP contribution in [0.1, 0.15) is 44.6 Å². The first kappa shape index (κ1) is 17.4. The SMILES string of the molecule is CCS(=O)(=O)N1CCC(C(=O)NC2(c3ccccc3)CCC2)CC1. The van der Waals surface area contributed by atoms with E-state index < -0.39 is 10.0 Å². The predicted octanol–water partition coefficient (Wildman–Crippen LogP) is 2.24. The summed E-state index contributed by atoms with van der Waals surface area (Å²) < 4.78 is 25.4. The lowest BCUT2D eigenvalue weighted by Crippen LogP contribution is -2.53. The lowest BCUT2D eigenvalue weighted by molar-refractivity contribution is -0.129. The molecule has 132 valence electrons. The Hall–Kier alpha value is -1.40. The van der Waals surface area contributed by atoms with Crippen LogP contribution in [-0.4, -0.2) is 37.5 Å². The van der Waals surface area contributed by atoms with Crippen LogP contribution in [0, 0.1) is 5.92 Å². The molecule has 24 heavy (non-hydrogen) atoms. The van der Waals surface area contributed by atoms with Gasteiger partial charge in [-0.3, -0.25) is 4.79 Å². The average molecular weight is 350 g/mol. The number of sulfonamides is 1. The van der Waals surface area contributed by atoms with Crippen LogP contribution in [-0.2, 0) is 20.4 Å². The third-order valence-electron chi connectivity index (χ3n) is 5.48. The highest BCUT2D eigenvalue weighted by Crippen LogP contribution is 2.41. The Morgan fingerprint density at radius 2 is 1.83 bits per heavy atom. The van der Waals surface area contributed by atoms with Crippen LogP contribution >= 0.6 is 0 Å². The lowest BCUT2D eigenvalue weighted by atomic mass is 9.71. The Morgan fingerprint density at radius 1 is 1.21 bits per heavy atom. The molecule has 1 aliphatic carbocycles. The van der Waals surface area contributed by atoms with Gasteiger partial charge in [0.25, 0.3) is 0 Å². The van der Waals surface area contributed by atoms with E-state index in [2.05, 4.69) is 17.4 Å². The van der Waals surface area contributed by atoms with Crippen molar-refractivity contribution in [3.8, 4) is 0 Å². The number of carbonyl (C=O) groups is 1. The molecule has 2 aliphatic rings. The van der Waals surface area contributed by atoms with Gasteiger partial charge in [-0.15, -0.1) is 0 Å². The zero-order chi connectivity index (χ0) is 17.2. The van der Waals surface area contributed by atoms with Crippen molar-refractivity contribution >= 4 is 15.9 Å². The smallest absolute Gasteiger partial charge is 0.223 e. The van der Waals surface area contributed by atoms with Gasteiger partial charge < -0.3 is 5.32 Å². The summed E-state index contributed by atoms with van der Waals surface area (Å²) in [5.41, 5.74) is 0.959. The number of amides is 1. The zero-order valence-corrected chi connectivity index (χ0v) is 15.0. The van der Waals surface area contributed by atoms with Gasteiger partial charge in [-0.25, -0.2) is 12.7 Å². The Labute approximate surface area is 144 Å². The summed E-state index contributed by atoms with van der Waals surface area (Å²) >= 11 is 0. The standard InChI is InChI=1S/C18H26N2O3S/c1-2-24(22,23)20-13-9-15(10-14-20)17(21)19-18(11-6-12-18)16-7-4-3-5-8-16/h3-5,7-8,15H,2,6,9-14H2,1H3,(H,19,21). The van der Waals surface area contributed by atoms with E-state index in [0.717, 1.165) is 19.3 Å². The average Bonchev–Trinajstić information content (AvgIpc) is 2.59. The highest BCUT2D eigenvalue weighted by molar-refractivity contribution is 7.89. The molecule has 0 spiro atoms. The number of nitrogens with one attached hydrogen (secondary N) is 1. The van der Waals surface area contributed by atoms with E-state index in [1.54, 1.807) is 6.92 Å². The van der Waals surface area contributed by atoms with Crippen LogP contribution in [0.25, 0.3) is 0 Å². The molecule has 1 N–H and O–H groups in total. The van der Waals surface area contributed by atoms with E-state index in [9.17, 15) is 13.2 Å². The largest absolute Gasteiger partial charge is 0.346 e. The van der Waals surface area contributed by atoms with Gasteiger partial charge in [-0.2, -0.15) is 0 Å². The summed E-state index contributed by atoms with van der Waals surface area (Å²) in [5, 5.41) is 3.28. The molecule has 0 atom stereocenters. The number of nitrogens with zero attached hydrogens (tertiary/aromatic N) is 1. The van der Waals surface area contributed by atoms with E-state index >= 15 is 0 Å². The van der Waals surface area contributed by atoms with Gasteiger partial charge in [0.05, 0.1) is 11.3 Å². The van der Waals surface area contributed by atoms with E-state index in [0.29, 0.717) is 25.9 Å². The number of piperidine rings is 1. The molecule has 1 saturated carbocycles. The molecular formula is C18H26N2O3S. The van der Waals surface area contributed by atoms with Gasteiger partial charge in [0.15, 0.2) is 0 Å². The number of rotatable bonds is 5. The zero-order valence-electron chi connectivity index (χ0n) is 14.2. The maximum atomic E-state index is 12.7. The van der Waals surface area contributed by atoms with Gasteiger partial charge in [0.2, 0.25) is 15.9 Å². The van der Waals surface area contributed by atoms with E-state index in [-0.39, 0.29) is 23.1 Å². The molecule has 0 aromatic heterocycles. The predicted molar refractivity (Wildman–Crippen MR) is 93.9 cm³/mol. The van der Waals surface area contributed by atoms with Crippen LogP contribution in [0.4, 0.5) is 0 Å². The first-order valence-electron chi connectivity index (χ1n) is 8.82. The van der Waals surface area contributed by atoms with Crippen LogP contribution in [0.5, 0.6) is 0 Å². The summed E-state index contributed by atoms with van der Waals surface area (Å²) in [5.74, 6) is 0.114. The van der Waals surface area contributed by atoms with Crippen molar-refractivity contribution in [3.05, 3.63) is 35.9 Å². The highest BCUT2D eigenvalue weighted by atomic mass is 32.2. The van der Waals surface area contributed by atoms with Gasteiger partial charge in [-0.1, -0.05) is 30.3 Å². The topological polar surface area (TPSA) is 66.5 Å². The first-order valence-corrected chi connectivity index (χ1v) is 10.4. The fraction of sp³-hybridized carbons (Fsp3) is 0.611. The van der Waals surface area contributed by atoms with Crippen molar-refractivity contribution in [2.75, 3.05) is 18.8 Å². The Bertz CT molecular complexity index is 675. The van der Waals surface area contributed by atoms with Gasteiger partial charge in [0, 0.05) is 19.0 Å². The minimum atomic E-state index is -3.14. The summed E-state index contributed by atoms with van der Waals surface area (Å²) in [6.45, 7) is 2.56. The van der Waals surface area contributed by atoms with Crippen LogP contribution in [0.3, 0.4) is 0 Å². The van der Waals surface area contributed by atoms with E-state index in [1.165, 1.54) is 9.87 Å². The number of benzene rings is 1. The third kappa shape index (κ3) is 3.35. The molecule has 3 rings (SSSR count). The number of hydrogen-bond donors (Lipinski definition) is 1. The number of carbonyl (C=O) groups excluding carboxylic acids is 1. The molecule has 1 aromatic rings. The fourth-order valence-electron chi connectivity index (χ4n) is 3.69. The summed E-state index contributed by atoms with van der Waals surface area (Å²) in [7, 11) is -3.14. The molecular weight excluding hydrogens is 324 g/mol. The Morgan fingerprint density at radius 3 is 2.33 bits per heavy atom. The molecule has 0 radical (unpaired) electrons. The second-order valence-electron chi connectivity index (χ2n) is 6.86. The van der Waals surface area contributed by atoms with Crippen LogP contribution in [0.2, 0.25) is 0 Å². The van der Waals surface area contributed by atoms with Crippen molar-refractivity contribution in [2.45, 2.75) is 44.6 Å². The van der Waals surface area contributed by atoms with Gasteiger partial charge in [-0.05, 0) is 44.6 Å². The quantitative estimate of drug-likeness (QED) is 0.886. The molecule has 0 bridgehead atoms. The number of hydrogen-bond acceptors (Lipinski definition) is 3. The molecule has 1 aliphatic heterocycles. The summed E-state index contributed by atoms with van der Waals surface area (Å²) in [6, 6.07) is 10.2. The van der Waals surface area contributed by atoms with Gasteiger partial charge in [0.1, 0.15) is 0 Å². The Balaban J connectivity index is 1.62. The molecule has 1 amide bonds. The molecule has 6 heteroatoms. The molecule has 1 aromatic carbocycles. The van der Waals surface area contributed by atoms with E-state index in [1.807, 2.05) is 18.2 Å². The minimum absolute atomic E-state index is 0.0760. The van der Waals surface area contributed by atoms with Crippen molar-refractivity contribution in [2.24, 2.45) is 5.92 Å². The first-order chi connectivity index (χ1) is 11.5. The maximum Gasteiger partial charge on any atom is 0.223 e. The van der Waals surface area contributed by atoms with Crippen LogP contribution in [0.15, 0.2) is 30.3 Å². The monoisotopic (exact) mass is 350 g/mol. The third-order valence-corrected chi connectivity index (χ3v) is 7.36.